The van der Waals surface area contributed by atoms with E-state index in [2.05, 4.69) is 15.5 Å². The summed E-state index contributed by atoms with van der Waals surface area (Å²) < 4.78 is 13.2. The zero-order valence-corrected chi connectivity index (χ0v) is 15.5. The van der Waals surface area contributed by atoms with Crippen LogP contribution in [0.25, 0.3) is 0 Å². The first kappa shape index (κ1) is 18.1. The quantitative estimate of drug-likeness (QED) is 0.612. The van der Waals surface area contributed by atoms with Crippen molar-refractivity contribution in [1.82, 2.24) is 20.1 Å². The van der Waals surface area contributed by atoms with Crippen molar-refractivity contribution in [3.05, 3.63) is 59.8 Å². The molecule has 0 aliphatic rings. The van der Waals surface area contributed by atoms with Crippen molar-refractivity contribution in [1.29, 1.82) is 0 Å². The minimum atomic E-state index is -0.0694. The summed E-state index contributed by atoms with van der Waals surface area (Å²) in [5.41, 5.74) is 1.17. The summed E-state index contributed by atoms with van der Waals surface area (Å²) in [5, 5.41) is 11.7. The standard InChI is InChI=1S/C18H20N4O3S/c1-13-5-7-14(8-6-13)25-11-16-20-21-18(26-12-17(23)19-2)22(16)10-15-4-3-9-24-15/h3-9H,10-12H2,1-2H3,(H,19,23). The van der Waals surface area contributed by atoms with E-state index in [4.69, 9.17) is 9.15 Å². The topological polar surface area (TPSA) is 82.2 Å². The highest BCUT2D eigenvalue weighted by atomic mass is 32.2. The Kier molecular flexibility index (Phi) is 5.96. The molecule has 0 saturated heterocycles. The number of hydrogen-bond acceptors (Lipinski definition) is 6. The minimum Gasteiger partial charge on any atom is -0.486 e. The third-order valence-electron chi connectivity index (χ3n) is 3.69. The van der Waals surface area contributed by atoms with E-state index in [1.165, 1.54) is 17.3 Å². The van der Waals surface area contributed by atoms with Gasteiger partial charge in [-0.2, -0.15) is 0 Å². The molecule has 0 spiro atoms. The molecular weight excluding hydrogens is 352 g/mol. The number of furan rings is 1. The van der Waals surface area contributed by atoms with E-state index in [1.807, 2.05) is 47.9 Å². The maximum absolute atomic E-state index is 11.5. The number of thioether (sulfide) groups is 1. The lowest BCUT2D eigenvalue weighted by Crippen LogP contribution is -2.20. The first-order valence-corrected chi connectivity index (χ1v) is 9.11. The number of hydrogen-bond donors (Lipinski definition) is 1. The molecule has 0 aliphatic heterocycles. The summed E-state index contributed by atoms with van der Waals surface area (Å²) in [6.07, 6.45) is 1.62. The fourth-order valence-electron chi connectivity index (χ4n) is 2.23. The number of rotatable bonds is 8. The van der Waals surface area contributed by atoms with Crippen LogP contribution < -0.4 is 10.1 Å². The number of nitrogens with one attached hydrogen (secondary N) is 1. The molecule has 136 valence electrons. The van der Waals surface area contributed by atoms with Gasteiger partial charge in [0.2, 0.25) is 5.91 Å². The molecule has 8 heteroatoms. The van der Waals surface area contributed by atoms with Crippen molar-refractivity contribution in [3.63, 3.8) is 0 Å². The number of amides is 1. The summed E-state index contributed by atoms with van der Waals surface area (Å²) in [7, 11) is 1.61. The van der Waals surface area contributed by atoms with Gasteiger partial charge in [-0.3, -0.25) is 9.36 Å². The molecule has 1 N–H and O–H groups in total. The van der Waals surface area contributed by atoms with E-state index in [9.17, 15) is 4.79 Å². The predicted octanol–water partition coefficient (Wildman–Crippen LogP) is 2.64. The van der Waals surface area contributed by atoms with Gasteiger partial charge in [-0.15, -0.1) is 10.2 Å². The van der Waals surface area contributed by atoms with Crippen LogP contribution in [0.2, 0.25) is 0 Å². The molecule has 26 heavy (non-hydrogen) atoms. The van der Waals surface area contributed by atoms with Crippen molar-refractivity contribution in [3.8, 4) is 5.75 Å². The molecule has 0 fully saturated rings. The van der Waals surface area contributed by atoms with Crippen molar-refractivity contribution in [2.24, 2.45) is 0 Å². The van der Waals surface area contributed by atoms with Gasteiger partial charge in [0.05, 0.1) is 18.6 Å². The van der Waals surface area contributed by atoms with Gasteiger partial charge in [-0.1, -0.05) is 29.5 Å². The van der Waals surface area contributed by atoms with E-state index in [-0.39, 0.29) is 18.3 Å². The molecule has 0 unspecified atom stereocenters. The molecule has 0 bridgehead atoms. The number of ether oxygens (including phenoxy) is 1. The maximum atomic E-state index is 11.5. The highest BCUT2D eigenvalue weighted by molar-refractivity contribution is 7.99. The highest BCUT2D eigenvalue weighted by Crippen LogP contribution is 2.20. The van der Waals surface area contributed by atoms with Gasteiger partial charge >= 0.3 is 0 Å². The molecule has 0 saturated carbocycles. The molecule has 0 aliphatic carbocycles. The van der Waals surface area contributed by atoms with Crippen molar-refractivity contribution in [2.75, 3.05) is 12.8 Å². The van der Waals surface area contributed by atoms with Crippen molar-refractivity contribution >= 4 is 17.7 Å². The average Bonchev–Trinajstić information content (AvgIpc) is 3.30. The SMILES string of the molecule is CNC(=O)CSc1nnc(COc2ccc(C)cc2)n1Cc1ccco1. The Morgan fingerprint density at radius 3 is 2.77 bits per heavy atom. The highest BCUT2D eigenvalue weighted by Gasteiger charge is 2.16. The molecule has 1 amide bonds. The Balaban J connectivity index is 1.75. The van der Waals surface area contributed by atoms with E-state index < -0.39 is 0 Å². The van der Waals surface area contributed by atoms with E-state index in [1.54, 1.807) is 13.3 Å². The van der Waals surface area contributed by atoms with Gasteiger partial charge in [0, 0.05) is 7.05 Å². The van der Waals surface area contributed by atoms with Crippen LogP contribution in [0.4, 0.5) is 0 Å². The summed E-state index contributed by atoms with van der Waals surface area (Å²) >= 11 is 1.33. The van der Waals surface area contributed by atoms with Crippen LogP contribution in [0.15, 0.2) is 52.2 Å². The minimum absolute atomic E-state index is 0.0694. The fourth-order valence-corrected chi connectivity index (χ4v) is 3.06. The Labute approximate surface area is 155 Å². The van der Waals surface area contributed by atoms with Crippen molar-refractivity contribution in [2.45, 2.75) is 25.2 Å². The second-order valence-electron chi connectivity index (χ2n) is 5.63. The van der Waals surface area contributed by atoms with Crippen LogP contribution in [0, 0.1) is 6.92 Å². The number of aromatic nitrogens is 3. The van der Waals surface area contributed by atoms with Crippen LogP contribution in [0.5, 0.6) is 5.75 Å². The summed E-state index contributed by atoms with van der Waals surface area (Å²) in [5.74, 6) is 2.42. The Bertz CT molecular complexity index is 844. The molecule has 0 atom stereocenters. The van der Waals surface area contributed by atoms with E-state index in [0.29, 0.717) is 17.5 Å². The van der Waals surface area contributed by atoms with Gasteiger partial charge in [-0.05, 0) is 31.2 Å². The average molecular weight is 372 g/mol. The zero-order valence-electron chi connectivity index (χ0n) is 14.6. The number of benzene rings is 1. The fraction of sp³-hybridized carbons (Fsp3) is 0.278. The van der Waals surface area contributed by atoms with Crippen molar-refractivity contribution < 1.29 is 13.9 Å². The first-order valence-electron chi connectivity index (χ1n) is 8.13. The first-order chi connectivity index (χ1) is 12.7. The summed E-state index contributed by atoms with van der Waals surface area (Å²) in [6.45, 7) is 2.78. The van der Waals surface area contributed by atoms with Gasteiger partial charge in [0.15, 0.2) is 11.0 Å². The molecule has 2 aromatic heterocycles. The molecule has 2 heterocycles. The van der Waals surface area contributed by atoms with E-state index in [0.717, 1.165) is 11.5 Å². The third kappa shape index (κ3) is 4.66. The normalized spacial score (nSPS) is 10.7. The van der Waals surface area contributed by atoms with Crippen LogP contribution in [0.1, 0.15) is 17.1 Å². The lowest BCUT2D eigenvalue weighted by atomic mass is 10.2. The van der Waals surface area contributed by atoms with Crippen LogP contribution in [0.3, 0.4) is 0 Å². The molecular formula is C18H20N4O3S. The second-order valence-corrected chi connectivity index (χ2v) is 6.57. The second kappa shape index (κ2) is 8.57. The smallest absolute Gasteiger partial charge is 0.230 e. The Hall–Kier alpha value is -2.74. The monoisotopic (exact) mass is 372 g/mol. The van der Waals surface area contributed by atoms with Crippen LogP contribution >= 0.6 is 11.8 Å². The number of carbonyl (C=O) groups is 1. The van der Waals surface area contributed by atoms with Gasteiger partial charge < -0.3 is 14.5 Å². The van der Waals surface area contributed by atoms with Crippen LogP contribution in [-0.4, -0.2) is 33.5 Å². The maximum Gasteiger partial charge on any atom is 0.230 e. The van der Waals surface area contributed by atoms with Gasteiger partial charge in [0.25, 0.3) is 0 Å². The van der Waals surface area contributed by atoms with Gasteiger partial charge in [0.1, 0.15) is 18.1 Å². The molecule has 3 aromatic rings. The lowest BCUT2D eigenvalue weighted by molar-refractivity contribution is -0.118. The summed E-state index contributed by atoms with van der Waals surface area (Å²) in [4.78, 5) is 11.5. The van der Waals surface area contributed by atoms with Gasteiger partial charge in [-0.25, -0.2) is 0 Å². The number of aryl methyl sites for hydroxylation is 1. The lowest BCUT2D eigenvalue weighted by Gasteiger charge is -2.10. The predicted molar refractivity (Wildman–Crippen MR) is 98.1 cm³/mol. The number of nitrogens with zero attached hydrogens (tertiary/aromatic N) is 3. The molecule has 1 aromatic carbocycles. The molecule has 3 rings (SSSR count). The third-order valence-corrected chi connectivity index (χ3v) is 4.65. The Morgan fingerprint density at radius 2 is 2.08 bits per heavy atom. The number of carbonyl (C=O) groups excluding carboxylic acids is 1. The van der Waals surface area contributed by atoms with Crippen LogP contribution in [-0.2, 0) is 17.9 Å². The summed E-state index contributed by atoms with van der Waals surface area (Å²) in [6, 6.07) is 11.5. The molecule has 7 nitrogen and oxygen atoms in total. The Morgan fingerprint density at radius 1 is 1.27 bits per heavy atom. The zero-order chi connectivity index (χ0) is 18.4. The largest absolute Gasteiger partial charge is 0.486 e. The molecule has 0 radical (unpaired) electrons. The van der Waals surface area contributed by atoms with E-state index >= 15 is 0 Å².